The van der Waals surface area contributed by atoms with E-state index in [0.29, 0.717) is 18.7 Å². The molecule has 2 aromatic rings. The van der Waals surface area contributed by atoms with Gasteiger partial charge in [-0.05, 0) is 35.6 Å². The molecule has 7 amide bonds. The van der Waals surface area contributed by atoms with Crippen molar-refractivity contribution >= 4 is 47.0 Å². The standard InChI is InChI=1S/C32H38N6O7/c1-21(2)17-33-28(41)19-36-32(45)25(16-22-7-4-3-5-8-22)37-29(42)20-35-27(40)18-34-26(39)12-11-23-9-6-10-24(15-23)38-30(43)13-14-31(38)44/h3-10,13-15,21,25H,11-12,16-20H2,1-2H3,(H,33,41)(H,34,39)(H,35,40)(H,36,45)(H,37,42). The van der Waals surface area contributed by atoms with Gasteiger partial charge in [0.1, 0.15) is 6.04 Å². The molecule has 13 heteroatoms. The van der Waals surface area contributed by atoms with Crippen LogP contribution in [0.3, 0.4) is 0 Å². The summed E-state index contributed by atoms with van der Waals surface area (Å²) in [5.41, 5.74) is 1.92. The number of hydrogen-bond acceptors (Lipinski definition) is 7. The van der Waals surface area contributed by atoms with Crippen LogP contribution in [-0.4, -0.2) is 73.6 Å². The topological polar surface area (TPSA) is 183 Å². The maximum Gasteiger partial charge on any atom is 0.258 e. The second kappa shape index (κ2) is 17.1. The third-order valence-corrected chi connectivity index (χ3v) is 6.58. The lowest BCUT2D eigenvalue weighted by atomic mass is 10.1. The van der Waals surface area contributed by atoms with Gasteiger partial charge in [0.25, 0.3) is 11.8 Å². The molecule has 0 bridgehead atoms. The molecule has 0 aromatic heterocycles. The number of carbonyl (C=O) groups is 7. The summed E-state index contributed by atoms with van der Waals surface area (Å²) in [7, 11) is 0. The molecule has 0 radical (unpaired) electrons. The fourth-order valence-electron chi connectivity index (χ4n) is 4.25. The van der Waals surface area contributed by atoms with Crippen LogP contribution in [0.1, 0.15) is 31.4 Å². The van der Waals surface area contributed by atoms with Crippen molar-refractivity contribution in [2.24, 2.45) is 5.92 Å². The second-order valence-electron chi connectivity index (χ2n) is 10.8. The second-order valence-corrected chi connectivity index (χ2v) is 10.8. The van der Waals surface area contributed by atoms with Gasteiger partial charge in [0.05, 0.1) is 25.3 Å². The molecule has 0 aliphatic carbocycles. The molecule has 0 saturated carbocycles. The number of nitrogens with one attached hydrogen (secondary N) is 5. The lowest BCUT2D eigenvalue weighted by Gasteiger charge is -2.19. The van der Waals surface area contributed by atoms with Gasteiger partial charge in [0.2, 0.25) is 29.5 Å². The zero-order valence-electron chi connectivity index (χ0n) is 25.3. The van der Waals surface area contributed by atoms with Gasteiger partial charge in [0, 0.05) is 31.5 Å². The molecule has 1 unspecified atom stereocenters. The Morgan fingerprint density at radius 2 is 1.29 bits per heavy atom. The highest BCUT2D eigenvalue weighted by Crippen LogP contribution is 2.21. The molecule has 0 saturated heterocycles. The van der Waals surface area contributed by atoms with Crippen molar-refractivity contribution in [2.45, 2.75) is 39.2 Å². The lowest BCUT2D eigenvalue weighted by Crippen LogP contribution is -2.52. The van der Waals surface area contributed by atoms with Gasteiger partial charge in [-0.1, -0.05) is 56.3 Å². The molecule has 1 aliphatic rings. The van der Waals surface area contributed by atoms with Crippen molar-refractivity contribution < 1.29 is 33.6 Å². The predicted molar refractivity (Wildman–Crippen MR) is 165 cm³/mol. The van der Waals surface area contributed by atoms with E-state index in [1.807, 2.05) is 19.9 Å². The minimum Gasteiger partial charge on any atom is -0.354 e. The monoisotopic (exact) mass is 618 g/mol. The number of benzene rings is 2. The van der Waals surface area contributed by atoms with E-state index < -0.39 is 48.0 Å². The van der Waals surface area contributed by atoms with Crippen molar-refractivity contribution in [3.63, 3.8) is 0 Å². The summed E-state index contributed by atoms with van der Waals surface area (Å²) >= 11 is 0. The Kier molecular flexibility index (Phi) is 13.0. The molecule has 13 nitrogen and oxygen atoms in total. The number of carbonyl (C=O) groups excluding carboxylic acids is 7. The summed E-state index contributed by atoms with van der Waals surface area (Å²) in [6, 6.07) is 14.7. The van der Waals surface area contributed by atoms with Gasteiger partial charge >= 0.3 is 0 Å². The summed E-state index contributed by atoms with van der Waals surface area (Å²) in [6.45, 7) is 3.32. The van der Waals surface area contributed by atoms with Gasteiger partial charge in [-0.25, -0.2) is 4.90 Å². The molecule has 3 rings (SSSR count). The highest BCUT2D eigenvalue weighted by Gasteiger charge is 2.25. The first-order valence-corrected chi connectivity index (χ1v) is 14.6. The molecule has 0 fully saturated rings. The van der Waals surface area contributed by atoms with Crippen molar-refractivity contribution in [1.82, 2.24) is 26.6 Å². The van der Waals surface area contributed by atoms with Crippen LogP contribution in [0, 0.1) is 5.92 Å². The number of anilines is 1. The Hall–Kier alpha value is -5.33. The summed E-state index contributed by atoms with van der Waals surface area (Å²) in [6.07, 6.45) is 2.89. The molecular weight excluding hydrogens is 580 g/mol. The highest BCUT2D eigenvalue weighted by molar-refractivity contribution is 6.28. The summed E-state index contributed by atoms with van der Waals surface area (Å²) in [5.74, 6) is -3.17. The molecule has 1 atom stereocenters. The van der Waals surface area contributed by atoms with E-state index in [9.17, 15) is 33.6 Å². The predicted octanol–water partition coefficient (Wildman–Crippen LogP) is -0.103. The fourth-order valence-corrected chi connectivity index (χ4v) is 4.25. The number of amides is 7. The molecule has 238 valence electrons. The first-order valence-electron chi connectivity index (χ1n) is 14.6. The van der Waals surface area contributed by atoms with Gasteiger partial charge in [-0.2, -0.15) is 0 Å². The lowest BCUT2D eigenvalue weighted by molar-refractivity contribution is -0.131. The molecule has 1 aliphatic heterocycles. The maximum atomic E-state index is 12.8. The number of aryl methyl sites for hydroxylation is 1. The van der Waals surface area contributed by atoms with E-state index in [4.69, 9.17) is 0 Å². The minimum atomic E-state index is -0.995. The minimum absolute atomic E-state index is 0.0448. The van der Waals surface area contributed by atoms with Crippen molar-refractivity contribution in [1.29, 1.82) is 0 Å². The first kappa shape index (κ1) is 34.2. The van der Waals surface area contributed by atoms with E-state index in [1.165, 1.54) is 12.2 Å². The summed E-state index contributed by atoms with van der Waals surface area (Å²) in [4.78, 5) is 86.9. The highest BCUT2D eigenvalue weighted by atomic mass is 16.2. The third-order valence-electron chi connectivity index (χ3n) is 6.58. The quantitative estimate of drug-likeness (QED) is 0.163. The average Bonchev–Trinajstić information content (AvgIpc) is 3.37. The third kappa shape index (κ3) is 11.7. The SMILES string of the molecule is CC(C)CNC(=O)CNC(=O)C(Cc1ccccc1)NC(=O)CNC(=O)CNC(=O)CCc1cccc(N2C(=O)C=CC2=O)c1. The normalized spacial score (nSPS) is 12.9. The first-order chi connectivity index (χ1) is 21.5. The number of nitrogens with zero attached hydrogens (tertiary/aromatic N) is 1. The van der Waals surface area contributed by atoms with Crippen LogP contribution >= 0.6 is 0 Å². The summed E-state index contributed by atoms with van der Waals surface area (Å²) < 4.78 is 0. The number of imide groups is 1. The molecule has 0 spiro atoms. The number of hydrogen-bond donors (Lipinski definition) is 5. The van der Waals surface area contributed by atoms with Crippen LogP contribution < -0.4 is 31.5 Å². The maximum absolute atomic E-state index is 12.8. The Balaban J connectivity index is 1.42. The molecule has 1 heterocycles. The van der Waals surface area contributed by atoms with Crippen LogP contribution in [0.15, 0.2) is 66.7 Å². The fraction of sp³-hybridized carbons (Fsp3) is 0.344. The van der Waals surface area contributed by atoms with Crippen LogP contribution in [0.25, 0.3) is 0 Å². The van der Waals surface area contributed by atoms with Gasteiger partial charge in [-0.15, -0.1) is 0 Å². The average molecular weight is 619 g/mol. The Morgan fingerprint density at radius 1 is 0.689 bits per heavy atom. The molecule has 5 N–H and O–H groups in total. The van der Waals surface area contributed by atoms with Crippen LogP contribution in [-0.2, 0) is 46.4 Å². The van der Waals surface area contributed by atoms with E-state index in [2.05, 4.69) is 26.6 Å². The Labute approximate surface area is 261 Å². The zero-order chi connectivity index (χ0) is 32.8. The molecular formula is C32H38N6O7. The van der Waals surface area contributed by atoms with E-state index >= 15 is 0 Å². The Bertz CT molecular complexity index is 1420. The molecule has 45 heavy (non-hydrogen) atoms. The van der Waals surface area contributed by atoms with E-state index in [0.717, 1.165) is 16.0 Å². The van der Waals surface area contributed by atoms with Gasteiger partial charge in [0.15, 0.2) is 0 Å². The summed E-state index contributed by atoms with van der Waals surface area (Å²) in [5, 5.41) is 12.7. The van der Waals surface area contributed by atoms with Crippen LogP contribution in [0.4, 0.5) is 5.69 Å². The van der Waals surface area contributed by atoms with Crippen molar-refractivity contribution in [2.75, 3.05) is 31.1 Å². The molecule has 2 aromatic carbocycles. The van der Waals surface area contributed by atoms with Crippen molar-refractivity contribution in [3.8, 4) is 0 Å². The van der Waals surface area contributed by atoms with E-state index in [-0.39, 0.29) is 37.8 Å². The zero-order valence-corrected chi connectivity index (χ0v) is 25.3. The number of rotatable bonds is 16. The van der Waals surface area contributed by atoms with Gasteiger partial charge < -0.3 is 26.6 Å². The smallest absolute Gasteiger partial charge is 0.258 e. The van der Waals surface area contributed by atoms with Crippen LogP contribution in [0.5, 0.6) is 0 Å². The Morgan fingerprint density at radius 3 is 1.98 bits per heavy atom. The van der Waals surface area contributed by atoms with Crippen LogP contribution in [0.2, 0.25) is 0 Å². The largest absolute Gasteiger partial charge is 0.354 e. The van der Waals surface area contributed by atoms with Crippen molar-refractivity contribution in [3.05, 3.63) is 77.9 Å². The van der Waals surface area contributed by atoms with Gasteiger partial charge in [-0.3, -0.25) is 33.6 Å². The van der Waals surface area contributed by atoms with E-state index in [1.54, 1.807) is 48.5 Å².